The van der Waals surface area contributed by atoms with Crippen LogP contribution in [-0.2, 0) is 0 Å². The van der Waals surface area contributed by atoms with E-state index in [1.807, 2.05) is 19.1 Å². The Balaban J connectivity index is 2.20. The maximum atomic E-state index is 11.2. The maximum absolute atomic E-state index is 11.2. The van der Waals surface area contributed by atoms with E-state index in [4.69, 9.17) is 11.6 Å². The number of halogens is 2. The number of rotatable bonds is 3. The number of nitrogens with zero attached hydrogens (tertiary/aromatic N) is 2. The lowest BCUT2D eigenvalue weighted by molar-refractivity contribution is 0.987. The van der Waals surface area contributed by atoms with Crippen LogP contribution in [0, 0.1) is 0 Å². The second-order valence-electron chi connectivity index (χ2n) is 3.34. The normalized spacial score (nSPS) is 11.6. The van der Waals surface area contributed by atoms with Gasteiger partial charge in [0.05, 0.1) is 20.6 Å². The number of hydrogen-bond acceptors (Lipinski definition) is 5. The van der Waals surface area contributed by atoms with Gasteiger partial charge in [-0.1, -0.05) is 11.6 Å². The average Bonchev–Trinajstić information content (AvgIpc) is 2.77. The first-order valence-electron chi connectivity index (χ1n) is 4.87. The number of H-pyrrole nitrogens is 1. The average molecular weight is 348 g/mol. The van der Waals surface area contributed by atoms with Gasteiger partial charge in [0, 0.05) is 0 Å². The van der Waals surface area contributed by atoms with Crippen molar-refractivity contribution >= 4 is 50.3 Å². The first-order chi connectivity index (χ1) is 8.58. The van der Waals surface area contributed by atoms with Crippen molar-refractivity contribution in [2.24, 2.45) is 5.10 Å². The van der Waals surface area contributed by atoms with E-state index in [0.29, 0.717) is 5.69 Å². The highest BCUT2D eigenvalue weighted by molar-refractivity contribution is 9.11. The van der Waals surface area contributed by atoms with Crippen molar-refractivity contribution in [3.05, 3.63) is 42.4 Å². The fourth-order valence-corrected chi connectivity index (χ4v) is 2.63. The summed E-state index contributed by atoms with van der Waals surface area (Å²) >= 11 is 10.8. The molecule has 0 radical (unpaired) electrons. The van der Waals surface area contributed by atoms with Gasteiger partial charge in [0.2, 0.25) is 0 Å². The van der Waals surface area contributed by atoms with Gasteiger partial charge in [0.1, 0.15) is 10.7 Å². The van der Waals surface area contributed by atoms with Crippen LogP contribution >= 0.6 is 38.9 Å². The summed E-state index contributed by atoms with van der Waals surface area (Å²) in [5.74, 6) is 0. The van der Waals surface area contributed by atoms with E-state index >= 15 is 0 Å². The first-order valence-corrected chi connectivity index (χ1v) is 6.86. The molecule has 0 amide bonds. The van der Waals surface area contributed by atoms with E-state index < -0.39 is 5.56 Å². The molecule has 8 heteroatoms. The standard InChI is InChI=1S/C10H8BrClN4OS/c1-5(7-2-3-8(11)18-7)14-15-6-4-13-16-10(17)9(6)12/h2-4H,1H3,(H2,15,16,17)/b14-5-. The Labute approximate surface area is 120 Å². The topological polar surface area (TPSA) is 70.1 Å². The molecular weight excluding hydrogens is 340 g/mol. The molecule has 0 bridgehead atoms. The van der Waals surface area contributed by atoms with Gasteiger partial charge in [-0.25, -0.2) is 5.10 Å². The van der Waals surface area contributed by atoms with Crippen molar-refractivity contribution in [1.29, 1.82) is 0 Å². The second-order valence-corrected chi connectivity index (χ2v) is 6.18. The smallest absolute Gasteiger partial charge is 0.275 e. The van der Waals surface area contributed by atoms with Crippen LogP contribution in [-0.4, -0.2) is 15.9 Å². The predicted molar refractivity (Wildman–Crippen MR) is 77.7 cm³/mol. The van der Waals surface area contributed by atoms with E-state index in [2.05, 4.69) is 36.7 Å². The van der Waals surface area contributed by atoms with E-state index in [1.165, 1.54) is 6.20 Å². The zero-order valence-corrected chi connectivity index (χ0v) is 12.4. The molecule has 0 aliphatic heterocycles. The van der Waals surface area contributed by atoms with Crippen LogP contribution in [0.2, 0.25) is 5.02 Å². The minimum absolute atomic E-state index is 0.0360. The van der Waals surface area contributed by atoms with Crippen LogP contribution in [0.3, 0.4) is 0 Å². The predicted octanol–water partition coefficient (Wildman–Crippen LogP) is 3.08. The summed E-state index contributed by atoms with van der Waals surface area (Å²) in [6.07, 6.45) is 1.41. The minimum Gasteiger partial charge on any atom is -0.275 e. The fourth-order valence-electron chi connectivity index (χ4n) is 1.17. The summed E-state index contributed by atoms with van der Waals surface area (Å²) < 4.78 is 1.03. The third kappa shape index (κ3) is 2.98. The number of aromatic amines is 1. The molecule has 2 aromatic heterocycles. The zero-order valence-electron chi connectivity index (χ0n) is 9.20. The molecule has 0 saturated heterocycles. The Kier molecular flexibility index (Phi) is 4.15. The van der Waals surface area contributed by atoms with Crippen LogP contribution in [0.4, 0.5) is 5.69 Å². The van der Waals surface area contributed by atoms with Crippen molar-refractivity contribution in [3.63, 3.8) is 0 Å². The third-order valence-corrected chi connectivity index (χ3v) is 4.18. The molecule has 0 unspecified atom stereocenters. The molecule has 2 heterocycles. The van der Waals surface area contributed by atoms with Crippen LogP contribution in [0.25, 0.3) is 0 Å². The quantitative estimate of drug-likeness (QED) is 0.662. The molecule has 0 aliphatic rings. The van der Waals surface area contributed by atoms with E-state index in [-0.39, 0.29) is 5.02 Å². The molecule has 2 aromatic rings. The number of nitrogens with one attached hydrogen (secondary N) is 2. The van der Waals surface area contributed by atoms with Crippen molar-refractivity contribution in [2.75, 3.05) is 5.43 Å². The van der Waals surface area contributed by atoms with Gasteiger partial charge in [0.15, 0.2) is 0 Å². The van der Waals surface area contributed by atoms with Gasteiger partial charge in [-0.2, -0.15) is 10.2 Å². The molecule has 0 aliphatic carbocycles. The van der Waals surface area contributed by atoms with Gasteiger partial charge >= 0.3 is 0 Å². The van der Waals surface area contributed by atoms with E-state index in [9.17, 15) is 4.79 Å². The summed E-state index contributed by atoms with van der Waals surface area (Å²) in [7, 11) is 0. The lowest BCUT2D eigenvalue weighted by Gasteiger charge is -2.02. The number of aromatic nitrogens is 2. The van der Waals surface area contributed by atoms with Crippen LogP contribution in [0.15, 0.2) is 32.0 Å². The molecule has 94 valence electrons. The Hall–Kier alpha value is -1.18. The summed E-state index contributed by atoms with van der Waals surface area (Å²) in [5, 5.41) is 10.1. The molecule has 5 nitrogen and oxygen atoms in total. The fraction of sp³-hybridized carbons (Fsp3) is 0.100. The lowest BCUT2D eigenvalue weighted by Crippen LogP contribution is -2.10. The van der Waals surface area contributed by atoms with Crippen LogP contribution in [0.5, 0.6) is 0 Å². The molecule has 0 fully saturated rings. The van der Waals surface area contributed by atoms with E-state index in [0.717, 1.165) is 14.4 Å². The second kappa shape index (κ2) is 5.64. The van der Waals surface area contributed by atoms with Crippen LogP contribution < -0.4 is 11.0 Å². The van der Waals surface area contributed by atoms with Crippen molar-refractivity contribution in [1.82, 2.24) is 10.2 Å². The molecule has 0 spiro atoms. The number of hydrogen-bond donors (Lipinski definition) is 2. The molecular formula is C10H8BrClN4OS. The van der Waals surface area contributed by atoms with Crippen molar-refractivity contribution in [3.8, 4) is 0 Å². The van der Waals surface area contributed by atoms with Gasteiger partial charge in [-0.05, 0) is 35.0 Å². The Morgan fingerprint density at radius 2 is 2.39 bits per heavy atom. The number of anilines is 1. The largest absolute Gasteiger partial charge is 0.285 e. The highest BCUT2D eigenvalue weighted by Gasteiger charge is 2.05. The minimum atomic E-state index is -0.451. The molecule has 0 saturated carbocycles. The highest BCUT2D eigenvalue weighted by atomic mass is 79.9. The van der Waals surface area contributed by atoms with Gasteiger partial charge in [-0.3, -0.25) is 10.2 Å². The van der Waals surface area contributed by atoms with Crippen LogP contribution in [0.1, 0.15) is 11.8 Å². The molecule has 2 rings (SSSR count). The van der Waals surface area contributed by atoms with Crippen molar-refractivity contribution in [2.45, 2.75) is 6.92 Å². The third-order valence-electron chi connectivity index (χ3n) is 2.07. The number of thiophene rings is 1. The van der Waals surface area contributed by atoms with Gasteiger partial charge in [-0.15, -0.1) is 11.3 Å². The summed E-state index contributed by atoms with van der Waals surface area (Å²) in [6, 6.07) is 3.90. The van der Waals surface area contributed by atoms with Crippen molar-refractivity contribution < 1.29 is 0 Å². The monoisotopic (exact) mass is 346 g/mol. The Morgan fingerprint density at radius 1 is 1.61 bits per heavy atom. The number of hydrazone groups is 1. The summed E-state index contributed by atoms with van der Waals surface area (Å²) in [6.45, 7) is 1.86. The highest BCUT2D eigenvalue weighted by Crippen LogP contribution is 2.23. The SMILES string of the molecule is C/C(=N/Nc1cn[nH]c(=O)c1Cl)c1ccc(Br)s1. The van der Waals surface area contributed by atoms with Gasteiger partial charge < -0.3 is 0 Å². The zero-order chi connectivity index (χ0) is 13.1. The Morgan fingerprint density at radius 3 is 3.06 bits per heavy atom. The lowest BCUT2D eigenvalue weighted by atomic mass is 10.3. The molecule has 18 heavy (non-hydrogen) atoms. The molecule has 0 atom stereocenters. The van der Waals surface area contributed by atoms with E-state index in [1.54, 1.807) is 11.3 Å². The maximum Gasteiger partial charge on any atom is 0.285 e. The van der Waals surface area contributed by atoms with Gasteiger partial charge in [0.25, 0.3) is 5.56 Å². The summed E-state index contributed by atoms with van der Waals surface area (Å²) in [5.41, 5.74) is 3.44. The Bertz CT molecular complexity index is 651. The molecule has 0 aromatic carbocycles. The summed E-state index contributed by atoms with van der Waals surface area (Å²) in [4.78, 5) is 12.2. The first kappa shape index (κ1) is 13.3. The molecule has 2 N–H and O–H groups in total.